The lowest BCUT2D eigenvalue weighted by molar-refractivity contribution is 0.139. The molecule has 2 rings (SSSR count). The third kappa shape index (κ3) is 5.69. The van der Waals surface area contributed by atoms with Crippen molar-refractivity contribution in [2.45, 2.75) is 26.3 Å². The Morgan fingerprint density at radius 1 is 1.38 bits per heavy atom. The highest BCUT2D eigenvalue weighted by Gasteiger charge is 2.07. The van der Waals surface area contributed by atoms with Crippen LogP contribution in [0, 0.1) is 5.92 Å². The van der Waals surface area contributed by atoms with Crippen LogP contribution in [0.15, 0.2) is 42.7 Å². The molecule has 0 radical (unpaired) electrons. The van der Waals surface area contributed by atoms with Gasteiger partial charge in [-0.05, 0) is 17.9 Å². The number of nitrogens with one attached hydrogen (secondary N) is 2. The van der Waals surface area contributed by atoms with Crippen molar-refractivity contribution in [2.24, 2.45) is 5.92 Å². The second-order valence-corrected chi connectivity index (χ2v) is 5.11. The summed E-state index contributed by atoms with van der Waals surface area (Å²) >= 11 is 0. The van der Waals surface area contributed by atoms with E-state index in [2.05, 4.69) is 22.2 Å². The summed E-state index contributed by atoms with van der Waals surface area (Å²) in [4.78, 5) is 18.8. The number of H-pyrrole nitrogens is 1. The zero-order chi connectivity index (χ0) is 14.9. The molecule has 0 aliphatic heterocycles. The van der Waals surface area contributed by atoms with Gasteiger partial charge in [-0.3, -0.25) is 0 Å². The van der Waals surface area contributed by atoms with Crippen LogP contribution in [0.3, 0.4) is 0 Å². The molecule has 2 N–H and O–H groups in total. The zero-order valence-electron chi connectivity index (χ0n) is 12.2. The summed E-state index contributed by atoms with van der Waals surface area (Å²) in [6.45, 7) is 3.03. The van der Waals surface area contributed by atoms with E-state index in [0.717, 1.165) is 24.2 Å². The number of aromatic nitrogens is 2. The molecule has 21 heavy (non-hydrogen) atoms. The number of aromatic amines is 1. The minimum Gasteiger partial charge on any atom is -0.450 e. The molecule has 0 fully saturated rings. The van der Waals surface area contributed by atoms with Gasteiger partial charge >= 0.3 is 6.09 Å². The Bertz CT molecular complexity index is 526. The molecule has 0 saturated carbocycles. The molecule has 0 aliphatic carbocycles. The first-order chi connectivity index (χ1) is 10.2. The summed E-state index contributed by atoms with van der Waals surface area (Å²) in [7, 11) is 0. The van der Waals surface area contributed by atoms with Crippen LogP contribution in [0.5, 0.6) is 0 Å². The van der Waals surface area contributed by atoms with Crippen molar-refractivity contribution in [3.63, 3.8) is 0 Å². The fourth-order valence-corrected chi connectivity index (χ4v) is 2.02. The first kappa shape index (κ1) is 15.1. The summed E-state index contributed by atoms with van der Waals surface area (Å²) < 4.78 is 5.17. The summed E-state index contributed by atoms with van der Waals surface area (Å²) in [5.74, 6) is 1.38. The van der Waals surface area contributed by atoms with Crippen molar-refractivity contribution in [3.8, 4) is 0 Å². The molecule has 5 nitrogen and oxygen atoms in total. The molecule has 1 aromatic carbocycles. The number of carbonyl (C=O) groups excluding carboxylic acids is 1. The van der Waals surface area contributed by atoms with Gasteiger partial charge in [0.1, 0.15) is 5.82 Å². The highest BCUT2D eigenvalue weighted by molar-refractivity contribution is 5.67. The number of ether oxygens (including phenoxy) is 1. The van der Waals surface area contributed by atoms with Crippen LogP contribution < -0.4 is 5.32 Å². The minimum atomic E-state index is -0.371. The van der Waals surface area contributed by atoms with E-state index in [1.54, 1.807) is 6.20 Å². The van der Waals surface area contributed by atoms with E-state index in [1.807, 2.05) is 36.5 Å². The zero-order valence-corrected chi connectivity index (χ0v) is 12.2. The number of rotatable bonds is 7. The first-order valence-electron chi connectivity index (χ1n) is 7.17. The van der Waals surface area contributed by atoms with Crippen LogP contribution in [0.1, 0.15) is 24.7 Å². The SMILES string of the molecule is CC(CCOC(=O)NCc1ccccc1)Cc1ncc[nH]1. The average Bonchev–Trinajstić information content (AvgIpc) is 2.99. The Morgan fingerprint density at radius 2 is 2.19 bits per heavy atom. The number of imidazole rings is 1. The second-order valence-electron chi connectivity index (χ2n) is 5.11. The summed E-state index contributed by atoms with van der Waals surface area (Å²) in [5.41, 5.74) is 1.06. The molecular weight excluding hydrogens is 266 g/mol. The predicted octanol–water partition coefficient (Wildman–Crippen LogP) is 2.90. The maximum absolute atomic E-state index is 11.6. The molecule has 112 valence electrons. The number of alkyl carbamates (subject to hydrolysis) is 1. The van der Waals surface area contributed by atoms with Crippen molar-refractivity contribution < 1.29 is 9.53 Å². The van der Waals surface area contributed by atoms with Gasteiger partial charge in [0, 0.05) is 25.4 Å². The lowest BCUT2D eigenvalue weighted by Crippen LogP contribution is -2.24. The maximum Gasteiger partial charge on any atom is 0.407 e. The van der Waals surface area contributed by atoms with Crippen LogP contribution >= 0.6 is 0 Å². The average molecular weight is 287 g/mol. The maximum atomic E-state index is 11.6. The molecule has 1 atom stereocenters. The number of hydrogen-bond acceptors (Lipinski definition) is 3. The molecule has 0 aliphatic rings. The fraction of sp³-hybridized carbons (Fsp3) is 0.375. The molecule has 1 aromatic heterocycles. The Kier molecular flexibility index (Phi) is 5.82. The van der Waals surface area contributed by atoms with Crippen LogP contribution in [-0.2, 0) is 17.7 Å². The largest absolute Gasteiger partial charge is 0.450 e. The van der Waals surface area contributed by atoms with Crippen molar-refractivity contribution >= 4 is 6.09 Å². The normalized spacial score (nSPS) is 11.9. The molecule has 0 bridgehead atoms. The van der Waals surface area contributed by atoms with Gasteiger partial charge in [-0.1, -0.05) is 37.3 Å². The topological polar surface area (TPSA) is 67.0 Å². The molecular formula is C16H21N3O2. The standard InChI is InChI=1S/C16H21N3O2/c1-13(11-15-17-8-9-18-15)7-10-21-16(20)19-12-14-5-3-2-4-6-14/h2-6,8-9,13H,7,10-12H2,1H3,(H,17,18)(H,19,20). The molecule has 0 saturated heterocycles. The molecule has 1 heterocycles. The quantitative estimate of drug-likeness (QED) is 0.822. The molecule has 1 amide bonds. The Balaban J connectivity index is 1.58. The van der Waals surface area contributed by atoms with Crippen LogP contribution in [0.25, 0.3) is 0 Å². The number of benzene rings is 1. The highest BCUT2D eigenvalue weighted by atomic mass is 16.5. The van der Waals surface area contributed by atoms with E-state index in [-0.39, 0.29) is 6.09 Å². The summed E-state index contributed by atoms with van der Waals surface area (Å²) in [6.07, 6.45) is 4.87. The van der Waals surface area contributed by atoms with Gasteiger partial charge in [-0.25, -0.2) is 9.78 Å². The Hall–Kier alpha value is -2.30. The van der Waals surface area contributed by atoms with Gasteiger partial charge in [0.25, 0.3) is 0 Å². The first-order valence-corrected chi connectivity index (χ1v) is 7.17. The van der Waals surface area contributed by atoms with E-state index in [4.69, 9.17) is 4.74 Å². The number of nitrogens with zero attached hydrogens (tertiary/aromatic N) is 1. The lowest BCUT2D eigenvalue weighted by Gasteiger charge is -2.11. The molecule has 2 aromatic rings. The van der Waals surface area contributed by atoms with E-state index in [1.165, 1.54) is 0 Å². The van der Waals surface area contributed by atoms with Crippen LogP contribution in [-0.4, -0.2) is 22.7 Å². The summed E-state index contributed by atoms with van der Waals surface area (Å²) in [6, 6.07) is 9.76. The van der Waals surface area contributed by atoms with Gasteiger partial charge in [-0.2, -0.15) is 0 Å². The third-order valence-electron chi connectivity index (χ3n) is 3.22. The predicted molar refractivity (Wildman–Crippen MR) is 80.7 cm³/mol. The molecule has 0 spiro atoms. The third-order valence-corrected chi connectivity index (χ3v) is 3.22. The minimum absolute atomic E-state index is 0.371. The Morgan fingerprint density at radius 3 is 2.90 bits per heavy atom. The van der Waals surface area contributed by atoms with Gasteiger partial charge in [-0.15, -0.1) is 0 Å². The number of carbonyl (C=O) groups is 1. The van der Waals surface area contributed by atoms with Crippen LogP contribution in [0.2, 0.25) is 0 Å². The Labute approximate surface area is 124 Å². The van der Waals surface area contributed by atoms with E-state index < -0.39 is 0 Å². The van der Waals surface area contributed by atoms with E-state index in [9.17, 15) is 4.79 Å². The fourth-order valence-electron chi connectivity index (χ4n) is 2.02. The summed E-state index contributed by atoms with van der Waals surface area (Å²) in [5, 5.41) is 2.74. The molecule has 1 unspecified atom stereocenters. The van der Waals surface area contributed by atoms with Crippen molar-refractivity contribution in [1.29, 1.82) is 0 Å². The van der Waals surface area contributed by atoms with Gasteiger partial charge < -0.3 is 15.0 Å². The van der Waals surface area contributed by atoms with Crippen molar-refractivity contribution in [2.75, 3.05) is 6.61 Å². The number of amides is 1. The van der Waals surface area contributed by atoms with Gasteiger partial charge in [0.15, 0.2) is 0 Å². The highest BCUT2D eigenvalue weighted by Crippen LogP contribution is 2.08. The number of hydrogen-bond donors (Lipinski definition) is 2. The van der Waals surface area contributed by atoms with E-state index in [0.29, 0.717) is 19.1 Å². The second kappa shape index (κ2) is 8.09. The van der Waals surface area contributed by atoms with Crippen molar-refractivity contribution in [1.82, 2.24) is 15.3 Å². The van der Waals surface area contributed by atoms with E-state index >= 15 is 0 Å². The van der Waals surface area contributed by atoms with Crippen molar-refractivity contribution in [3.05, 3.63) is 54.1 Å². The monoisotopic (exact) mass is 287 g/mol. The lowest BCUT2D eigenvalue weighted by atomic mass is 10.0. The molecule has 5 heteroatoms. The smallest absolute Gasteiger partial charge is 0.407 e. The van der Waals surface area contributed by atoms with Gasteiger partial charge in [0.05, 0.1) is 6.61 Å². The van der Waals surface area contributed by atoms with Gasteiger partial charge in [0.2, 0.25) is 0 Å². The van der Waals surface area contributed by atoms with Crippen LogP contribution in [0.4, 0.5) is 4.79 Å².